The Kier molecular flexibility index (Phi) is 8.11. The van der Waals surface area contributed by atoms with Crippen LogP contribution < -0.4 is 31.4 Å². The number of aromatic nitrogens is 2. The Hall–Kier alpha value is -3.67. The lowest BCUT2D eigenvalue weighted by atomic mass is 9.86. The predicted molar refractivity (Wildman–Crippen MR) is 163 cm³/mol. The van der Waals surface area contributed by atoms with Crippen molar-refractivity contribution in [2.75, 3.05) is 28.4 Å². The number of nitrogens with one attached hydrogen (secondary N) is 2. The lowest BCUT2D eigenvalue weighted by molar-refractivity contribution is 0.102. The number of nitrogens with two attached hydrogens (primary N) is 2. The third kappa shape index (κ3) is 5.91. The molecule has 1 aliphatic rings. The smallest absolute Gasteiger partial charge is 0.255 e. The molecule has 0 saturated heterocycles. The highest BCUT2D eigenvalue weighted by Crippen LogP contribution is 2.44. The zero-order valence-corrected chi connectivity index (χ0v) is 24.9. The number of nitrogens with zero attached hydrogens (tertiary/aromatic N) is 3. The minimum absolute atomic E-state index is 0.144. The van der Waals surface area contributed by atoms with E-state index in [0.29, 0.717) is 52.7 Å². The van der Waals surface area contributed by atoms with E-state index in [1.807, 2.05) is 38.4 Å². The molecule has 1 fully saturated rings. The van der Waals surface area contributed by atoms with Gasteiger partial charge in [-0.15, -0.1) is 0 Å². The first kappa shape index (κ1) is 29.3. The summed E-state index contributed by atoms with van der Waals surface area (Å²) in [5.41, 5.74) is 10.7. The van der Waals surface area contributed by atoms with Crippen LogP contribution in [0.25, 0.3) is 5.70 Å². The molecule has 7 N–H and O–H groups in total. The summed E-state index contributed by atoms with van der Waals surface area (Å²) in [6.45, 7) is 8.25. The van der Waals surface area contributed by atoms with Crippen LogP contribution in [0.15, 0.2) is 42.7 Å². The second-order valence-corrected chi connectivity index (χ2v) is 11.8. The number of imidazole rings is 1. The number of methoxy groups -OCH3 is 1. The largest absolute Gasteiger partial charge is 0.492 e. The first-order valence-electron chi connectivity index (χ1n) is 13.0. The average Bonchev–Trinajstić information content (AvgIpc) is 3.50. The Morgan fingerprint density at radius 1 is 1.25 bits per heavy atom. The molecule has 1 amide bonds. The fourth-order valence-electron chi connectivity index (χ4n) is 4.52. The zero-order chi connectivity index (χ0) is 29.4. The molecule has 1 heterocycles. The molecular weight excluding hydrogens is 526 g/mol. The molecule has 0 radical (unpaired) electrons. The van der Waals surface area contributed by atoms with Crippen molar-refractivity contribution in [3.8, 4) is 5.75 Å². The number of hydrogen-bond acceptors (Lipinski definition) is 9. The Bertz CT molecular complexity index is 1450. The van der Waals surface area contributed by atoms with Gasteiger partial charge >= 0.3 is 0 Å². The molecule has 1 aromatic heterocycles. The highest BCUT2D eigenvalue weighted by atomic mass is 32.2. The summed E-state index contributed by atoms with van der Waals surface area (Å²) in [7, 11) is 3.39. The zero-order valence-electron chi connectivity index (χ0n) is 24.1. The Labute approximate surface area is 239 Å². The lowest BCUT2D eigenvalue weighted by Crippen LogP contribution is -2.27. The molecular formula is C29H39N7O3S. The van der Waals surface area contributed by atoms with Gasteiger partial charge in [0, 0.05) is 25.1 Å². The molecule has 2 aromatic carbocycles. The van der Waals surface area contributed by atoms with Crippen molar-refractivity contribution in [3.05, 3.63) is 70.9 Å². The molecule has 0 bridgehead atoms. The highest BCUT2D eigenvalue weighted by molar-refractivity contribution is 7.99. The molecule has 10 nitrogen and oxygen atoms in total. The number of aryl methyl sites for hydroxylation is 1. The topological polar surface area (TPSA) is 144 Å². The molecule has 3 aromatic rings. The minimum atomic E-state index is -0.880. The maximum atomic E-state index is 13.5. The van der Waals surface area contributed by atoms with E-state index in [2.05, 4.69) is 35.8 Å². The van der Waals surface area contributed by atoms with Gasteiger partial charge in [0.05, 0.1) is 41.8 Å². The summed E-state index contributed by atoms with van der Waals surface area (Å²) in [5.74, 6) is 7.24. The first-order chi connectivity index (χ1) is 18.8. The van der Waals surface area contributed by atoms with Crippen molar-refractivity contribution in [1.29, 1.82) is 0 Å². The van der Waals surface area contributed by atoms with Crippen LogP contribution in [0, 0.1) is 6.92 Å². The quantitative estimate of drug-likeness (QED) is 0.143. The number of hydrazine groups is 1. The van der Waals surface area contributed by atoms with Crippen LogP contribution in [0.3, 0.4) is 0 Å². The van der Waals surface area contributed by atoms with Gasteiger partial charge in [-0.2, -0.15) is 0 Å². The van der Waals surface area contributed by atoms with Crippen LogP contribution in [0.1, 0.15) is 66.6 Å². The summed E-state index contributed by atoms with van der Waals surface area (Å²) in [6, 6.07) is 9.28. The second kappa shape index (κ2) is 11.1. The number of benzene rings is 2. The number of hydrogen-bond donors (Lipinski definition) is 5. The molecule has 11 heteroatoms. The third-order valence-corrected chi connectivity index (χ3v) is 7.49. The van der Waals surface area contributed by atoms with Gasteiger partial charge in [-0.1, -0.05) is 38.8 Å². The maximum Gasteiger partial charge on any atom is 0.255 e. The van der Waals surface area contributed by atoms with Crippen molar-refractivity contribution in [2.24, 2.45) is 18.6 Å². The van der Waals surface area contributed by atoms with E-state index in [1.54, 1.807) is 36.2 Å². The summed E-state index contributed by atoms with van der Waals surface area (Å²) in [6.07, 6.45) is 6.50. The maximum absolute atomic E-state index is 13.5. The van der Waals surface area contributed by atoms with Crippen LogP contribution >= 0.6 is 11.9 Å². The van der Waals surface area contributed by atoms with Gasteiger partial charge < -0.3 is 30.2 Å². The SMILES string of the molecule is COc1c(NSC)cc(C(C)(C)C)cc1NC(=O)c1ccc(C)c(N(N)/C=C(\N)c2cnc(C3(O)CC3)n2C)c1. The fraction of sp³-hybridized carbons (Fsp3) is 0.379. The van der Waals surface area contributed by atoms with Gasteiger partial charge in [0.25, 0.3) is 5.91 Å². The number of anilines is 3. The summed E-state index contributed by atoms with van der Waals surface area (Å²) in [5, 5.41) is 14.9. The summed E-state index contributed by atoms with van der Waals surface area (Å²) >= 11 is 1.45. The molecule has 0 atom stereocenters. The molecule has 0 aliphatic heterocycles. The Morgan fingerprint density at radius 2 is 1.93 bits per heavy atom. The van der Waals surface area contributed by atoms with Crippen LogP contribution in [-0.2, 0) is 18.1 Å². The molecule has 214 valence electrons. The predicted octanol–water partition coefficient (Wildman–Crippen LogP) is 4.60. The van der Waals surface area contributed by atoms with Crippen molar-refractivity contribution in [2.45, 2.75) is 51.6 Å². The van der Waals surface area contributed by atoms with E-state index in [1.165, 1.54) is 17.0 Å². The van der Waals surface area contributed by atoms with Crippen LogP contribution in [0.4, 0.5) is 17.1 Å². The minimum Gasteiger partial charge on any atom is -0.492 e. The number of amides is 1. The van der Waals surface area contributed by atoms with Crippen molar-refractivity contribution < 1.29 is 14.6 Å². The third-order valence-electron chi connectivity index (χ3n) is 7.07. The van der Waals surface area contributed by atoms with Crippen molar-refractivity contribution >= 4 is 40.6 Å². The van der Waals surface area contributed by atoms with E-state index in [4.69, 9.17) is 16.3 Å². The molecule has 40 heavy (non-hydrogen) atoms. The Balaban J connectivity index is 1.62. The van der Waals surface area contributed by atoms with Crippen molar-refractivity contribution in [1.82, 2.24) is 9.55 Å². The lowest BCUT2D eigenvalue weighted by Gasteiger charge is -2.24. The molecule has 1 aliphatic carbocycles. The monoisotopic (exact) mass is 565 g/mol. The van der Waals surface area contributed by atoms with E-state index in [0.717, 1.165) is 16.8 Å². The number of carbonyl (C=O) groups is 1. The van der Waals surface area contributed by atoms with Crippen LogP contribution in [0.2, 0.25) is 0 Å². The first-order valence-corrected chi connectivity index (χ1v) is 14.2. The summed E-state index contributed by atoms with van der Waals surface area (Å²) < 4.78 is 10.7. The van der Waals surface area contributed by atoms with Crippen LogP contribution in [-0.4, -0.2) is 33.9 Å². The number of carbonyl (C=O) groups excluding carboxylic acids is 1. The molecule has 0 spiro atoms. The van der Waals surface area contributed by atoms with Gasteiger partial charge in [-0.25, -0.2) is 10.8 Å². The molecule has 1 saturated carbocycles. The normalized spacial score (nSPS) is 14.6. The van der Waals surface area contributed by atoms with E-state index in [-0.39, 0.29) is 11.3 Å². The standard InChI is InChI=1S/C29H39N7O3S/c1-17-8-9-18(26(37)33-21-13-19(28(2,3)4)14-22(34-40-7)25(21)39-6)12-23(17)36(31)16-20(30)24-15-32-27(35(24)5)29(38)10-11-29/h8-9,12-16,34,38H,10-11,30-31H2,1-7H3,(H,33,37)/b20-16-. The van der Waals surface area contributed by atoms with Crippen molar-refractivity contribution in [3.63, 3.8) is 0 Å². The average molecular weight is 566 g/mol. The van der Waals surface area contributed by atoms with Gasteiger partial charge in [0.15, 0.2) is 5.75 Å². The number of ether oxygens (including phenoxy) is 1. The highest BCUT2D eigenvalue weighted by Gasteiger charge is 2.46. The van der Waals surface area contributed by atoms with E-state index >= 15 is 0 Å². The second-order valence-electron chi connectivity index (χ2n) is 11.2. The number of aliphatic hydroxyl groups is 1. The molecule has 0 unspecified atom stereocenters. The summed E-state index contributed by atoms with van der Waals surface area (Å²) in [4.78, 5) is 17.8. The van der Waals surface area contributed by atoms with Gasteiger partial charge in [-0.3, -0.25) is 9.80 Å². The fourth-order valence-corrected chi connectivity index (χ4v) is 4.89. The Morgan fingerprint density at radius 3 is 2.52 bits per heavy atom. The van der Waals surface area contributed by atoms with E-state index in [9.17, 15) is 9.90 Å². The van der Waals surface area contributed by atoms with Gasteiger partial charge in [0.2, 0.25) is 0 Å². The van der Waals surface area contributed by atoms with Gasteiger partial charge in [-0.05, 0) is 60.6 Å². The van der Waals surface area contributed by atoms with Crippen LogP contribution in [0.5, 0.6) is 5.75 Å². The van der Waals surface area contributed by atoms with Gasteiger partial charge in [0.1, 0.15) is 11.4 Å². The number of rotatable bonds is 9. The van der Waals surface area contributed by atoms with E-state index < -0.39 is 5.60 Å². The molecule has 4 rings (SSSR count).